The molecule has 1 aromatic carbocycles. The van der Waals surface area contributed by atoms with Gasteiger partial charge in [-0.25, -0.2) is 4.79 Å². The summed E-state index contributed by atoms with van der Waals surface area (Å²) >= 11 is 0. The van der Waals surface area contributed by atoms with Gasteiger partial charge in [0.1, 0.15) is 0 Å². The van der Waals surface area contributed by atoms with Gasteiger partial charge in [0, 0.05) is 5.57 Å². The molecule has 1 rings (SSSR count). The van der Waals surface area contributed by atoms with E-state index in [-0.39, 0.29) is 11.6 Å². The SMILES string of the molecule is CC(=Cc1cc(C(F)(F)F)cc(C(F)(F)F)c1)C(=O)O. The monoisotopic (exact) mass is 298 g/mol. The Labute approximate surface area is 109 Å². The van der Waals surface area contributed by atoms with Crippen molar-refractivity contribution < 1.29 is 36.2 Å². The molecule has 1 aromatic rings. The van der Waals surface area contributed by atoms with E-state index in [1.54, 1.807) is 0 Å². The van der Waals surface area contributed by atoms with Gasteiger partial charge in [-0.1, -0.05) is 0 Å². The second kappa shape index (κ2) is 5.18. The summed E-state index contributed by atoms with van der Waals surface area (Å²) in [6.07, 6.45) is -9.17. The van der Waals surface area contributed by atoms with Crippen molar-refractivity contribution in [1.82, 2.24) is 0 Å². The fourth-order valence-corrected chi connectivity index (χ4v) is 1.37. The minimum atomic E-state index is -4.96. The summed E-state index contributed by atoms with van der Waals surface area (Å²) in [5.74, 6) is -1.43. The number of carboxylic acid groups (broad SMARTS) is 1. The van der Waals surface area contributed by atoms with Crippen molar-refractivity contribution in [2.45, 2.75) is 19.3 Å². The molecule has 20 heavy (non-hydrogen) atoms. The van der Waals surface area contributed by atoms with Crippen LogP contribution in [0.25, 0.3) is 6.08 Å². The van der Waals surface area contributed by atoms with Crippen LogP contribution in [0.1, 0.15) is 23.6 Å². The summed E-state index contributed by atoms with van der Waals surface area (Å²) in [6, 6.07) is 0.900. The van der Waals surface area contributed by atoms with Gasteiger partial charge in [0.05, 0.1) is 11.1 Å². The van der Waals surface area contributed by atoms with Gasteiger partial charge in [-0.05, 0) is 36.8 Å². The lowest BCUT2D eigenvalue weighted by atomic mass is 10.0. The number of carbonyl (C=O) groups is 1. The first-order valence-electron chi connectivity index (χ1n) is 5.12. The third kappa shape index (κ3) is 4.01. The van der Waals surface area contributed by atoms with Crippen molar-refractivity contribution in [3.8, 4) is 0 Å². The van der Waals surface area contributed by atoms with Gasteiger partial charge in [-0.3, -0.25) is 0 Å². The predicted molar refractivity (Wildman–Crippen MR) is 57.7 cm³/mol. The van der Waals surface area contributed by atoms with Crippen LogP contribution >= 0.6 is 0 Å². The lowest BCUT2D eigenvalue weighted by Crippen LogP contribution is -2.11. The van der Waals surface area contributed by atoms with Crippen LogP contribution < -0.4 is 0 Å². The van der Waals surface area contributed by atoms with E-state index < -0.39 is 35.0 Å². The Morgan fingerprint density at radius 2 is 1.40 bits per heavy atom. The van der Waals surface area contributed by atoms with E-state index in [9.17, 15) is 31.1 Å². The number of aliphatic carboxylic acids is 1. The number of hydrogen-bond acceptors (Lipinski definition) is 1. The Bertz CT molecular complexity index is 522. The fourth-order valence-electron chi connectivity index (χ4n) is 1.37. The molecule has 110 valence electrons. The zero-order chi connectivity index (χ0) is 15.7. The quantitative estimate of drug-likeness (QED) is 0.656. The highest BCUT2D eigenvalue weighted by Gasteiger charge is 2.36. The highest BCUT2D eigenvalue weighted by Crippen LogP contribution is 2.36. The maximum absolute atomic E-state index is 12.5. The number of rotatable bonds is 2. The Balaban J connectivity index is 3.47. The van der Waals surface area contributed by atoms with Gasteiger partial charge in [-0.2, -0.15) is 26.3 Å². The summed E-state index contributed by atoms with van der Waals surface area (Å²) in [6.45, 7) is 1.07. The van der Waals surface area contributed by atoms with Gasteiger partial charge in [0.15, 0.2) is 0 Å². The van der Waals surface area contributed by atoms with Crippen molar-refractivity contribution >= 4 is 12.0 Å². The van der Waals surface area contributed by atoms with E-state index in [1.807, 2.05) is 0 Å². The molecule has 0 aliphatic carbocycles. The topological polar surface area (TPSA) is 37.3 Å². The van der Waals surface area contributed by atoms with E-state index in [0.29, 0.717) is 12.1 Å². The van der Waals surface area contributed by atoms with Crippen molar-refractivity contribution in [2.75, 3.05) is 0 Å². The lowest BCUT2D eigenvalue weighted by molar-refractivity contribution is -0.143. The number of benzene rings is 1. The first kappa shape index (κ1) is 16.1. The molecule has 0 saturated carbocycles. The van der Waals surface area contributed by atoms with Crippen LogP contribution in [0.5, 0.6) is 0 Å². The van der Waals surface area contributed by atoms with E-state index >= 15 is 0 Å². The summed E-state index contributed by atoms with van der Waals surface area (Å²) in [7, 11) is 0. The predicted octanol–water partition coefficient (Wildman–Crippen LogP) is 4.21. The minimum Gasteiger partial charge on any atom is -0.478 e. The molecule has 0 atom stereocenters. The second-order valence-electron chi connectivity index (χ2n) is 3.97. The zero-order valence-corrected chi connectivity index (χ0v) is 9.93. The molecule has 0 spiro atoms. The van der Waals surface area contributed by atoms with Gasteiger partial charge in [0.25, 0.3) is 0 Å². The van der Waals surface area contributed by atoms with Crippen LogP contribution in [-0.4, -0.2) is 11.1 Å². The van der Waals surface area contributed by atoms with Crippen LogP contribution in [0.4, 0.5) is 26.3 Å². The average Bonchev–Trinajstić information content (AvgIpc) is 2.26. The maximum Gasteiger partial charge on any atom is 0.416 e. The Morgan fingerprint density at radius 1 is 1.00 bits per heavy atom. The standard InChI is InChI=1S/C12H8F6O2/c1-6(10(19)20)2-7-3-8(11(13,14)15)5-9(4-7)12(16,17)18/h2-5H,1H3,(H,19,20). The number of hydrogen-bond donors (Lipinski definition) is 1. The average molecular weight is 298 g/mol. The number of alkyl halides is 6. The maximum atomic E-state index is 12.5. The van der Waals surface area contributed by atoms with Crippen molar-refractivity contribution in [3.63, 3.8) is 0 Å². The van der Waals surface area contributed by atoms with Crippen molar-refractivity contribution in [1.29, 1.82) is 0 Å². The van der Waals surface area contributed by atoms with Crippen LogP contribution in [0.3, 0.4) is 0 Å². The molecule has 8 heteroatoms. The molecule has 0 aliphatic rings. The second-order valence-corrected chi connectivity index (χ2v) is 3.97. The lowest BCUT2D eigenvalue weighted by Gasteiger charge is -2.13. The smallest absolute Gasteiger partial charge is 0.416 e. The molecule has 0 amide bonds. The summed E-state index contributed by atoms with van der Waals surface area (Å²) in [4.78, 5) is 10.6. The van der Waals surface area contributed by atoms with Gasteiger partial charge >= 0.3 is 18.3 Å². The van der Waals surface area contributed by atoms with Crippen LogP contribution in [-0.2, 0) is 17.1 Å². The van der Waals surface area contributed by atoms with E-state index in [0.717, 1.165) is 13.0 Å². The third-order valence-electron chi connectivity index (χ3n) is 2.33. The number of halogens is 6. The Morgan fingerprint density at radius 3 is 1.70 bits per heavy atom. The molecule has 2 nitrogen and oxygen atoms in total. The van der Waals surface area contributed by atoms with Crippen LogP contribution in [0, 0.1) is 0 Å². The highest BCUT2D eigenvalue weighted by molar-refractivity contribution is 5.91. The van der Waals surface area contributed by atoms with Crippen molar-refractivity contribution in [3.05, 3.63) is 40.5 Å². The van der Waals surface area contributed by atoms with Crippen LogP contribution in [0.15, 0.2) is 23.8 Å². The fraction of sp³-hybridized carbons (Fsp3) is 0.250. The van der Waals surface area contributed by atoms with E-state index in [4.69, 9.17) is 5.11 Å². The van der Waals surface area contributed by atoms with Crippen LogP contribution in [0.2, 0.25) is 0 Å². The first-order chi connectivity index (χ1) is 8.91. The summed E-state index contributed by atoms with van der Waals surface area (Å²) in [5, 5.41) is 8.59. The first-order valence-corrected chi connectivity index (χ1v) is 5.12. The Hall–Kier alpha value is -1.99. The normalized spacial score (nSPS) is 13.4. The molecule has 0 unspecified atom stereocenters. The third-order valence-corrected chi connectivity index (χ3v) is 2.33. The Kier molecular flexibility index (Phi) is 4.16. The highest BCUT2D eigenvalue weighted by atomic mass is 19.4. The van der Waals surface area contributed by atoms with Crippen molar-refractivity contribution in [2.24, 2.45) is 0 Å². The molecule has 0 bridgehead atoms. The molecule has 0 saturated heterocycles. The molecule has 0 fully saturated rings. The van der Waals surface area contributed by atoms with Gasteiger partial charge < -0.3 is 5.11 Å². The molecule has 0 heterocycles. The van der Waals surface area contributed by atoms with Gasteiger partial charge in [-0.15, -0.1) is 0 Å². The molecule has 1 N–H and O–H groups in total. The molecule has 0 radical (unpaired) electrons. The molecule has 0 aliphatic heterocycles. The van der Waals surface area contributed by atoms with E-state index in [1.165, 1.54) is 0 Å². The summed E-state index contributed by atoms with van der Waals surface area (Å²) < 4.78 is 75.2. The zero-order valence-electron chi connectivity index (χ0n) is 9.93. The number of carboxylic acids is 1. The minimum absolute atomic E-state index is 0.0204. The molecular weight excluding hydrogens is 290 g/mol. The van der Waals surface area contributed by atoms with E-state index in [2.05, 4.69) is 0 Å². The molecular formula is C12H8F6O2. The largest absolute Gasteiger partial charge is 0.478 e. The van der Waals surface area contributed by atoms with Gasteiger partial charge in [0.2, 0.25) is 0 Å². The summed E-state index contributed by atoms with van der Waals surface area (Å²) in [5.41, 5.74) is -3.84. The molecule has 0 aromatic heterocycles.